The summed E-state index contributed by atoms with van der Waals surface area (Å²) >= 11 is 1.61. The second-order valence-electron chi connectivity index (χ2n) is 4.28. The van der Waals surface area contributed by atoms with Crippen molar-refractivity contribution in [3.63, 3.8) is 0 Å². The first-order valence-electron chi connectivity index (χ1n) is 6.64. The van der Waals surface area contributed by atoms with Crippen molar-refractivity contribution in [2.24, 2.45) is 0 Å². The molecular weight excluding hydrogens is 280 g/mol. The Morgan fingerprint density at radius 2 is 2.40 bits per heavy atom. The van der Waals surface area contributed by atoms with Crippen LogP contribution in [0.15, 0.2) is 5.51 Å². The molecule has 0 radical (unpaired) electrons. The SMILES string of the molecule is CCOC(=O)CNCC(O)COCCc1scnc1C. The van der Waals surface area contributed by atoms with Gasteiger partial charge in [0, 0.05) is 17.8 Å². The molecule has 6 nitrogen and oxygen atoms in total. The summed E-state index contributed by atoms with van der Waals surface area (Å²) in [5.41, 5.74) is 2.86. The molecule has 1 unspecified atom stereocenters. The minimum Gasteiger partial charge on any atom is -0.465 e. The summed E-state index contributed by atoms with van der Waals surface area (Å²) in [6.45, 7) is 5.30. The van der Waals surface area contributed by atoms with Crippen molar-refractivity contribution in [1.82, 2.24) is 10.3 Å². The quantitative estimate of drug-likeness (QED) is 0.484. The van der Waals surface area contributed by atoms with Crippen LogP contribution >= 0.6 is 11.3 Å². The lowest BCUT2D eigenvalue weighted by atomic mass is 10.3. The van der Waals surface area contributed by atoms with Crippen molar-refractivity contribution in [1.29, 1.82) is 0 Å². The van der Waals surface area contributed by atoms with E-state index in [4.69, 9.17) is 9.47 Å². The smallest absolute Gasteiger partial charge is 0.319 e. The van der Waals surface area contributed by atoms with Crippen molar-refractivity contribution in [3.05, 3.63) is 16.1 Å². The number of ether oxygens (including phenoxy) is 2. The summed E-state index contributed by atoms with van der Waals surface area (Å²) < 4.78 is 10.2. The van der Waals surface area contributed by atoms with E-state index in [9.17, 15) is 9.90 Å². The molecule has 0 aliphatic heterocycles. The molecule has 20 heavy (non-hydrogen) atoms. The van der Waals surface area contributed by atoms with E-state index >= 15 is 0 Å². The minimum absolute atomic E-state index is 0.102. The first-order chi connectivity index (χ1) is 9.63. The highest BCUT2D eigenvalue weighted by Gasteiger charge is 2.07. The van der Waals surface area contributed by atoms with Crippen molar-refractivity contribution in [2.45, 2.75) is 26.4 Å². The predicted molar refractivity (Wildman–Crippen MR) is 76.9 cm³/mol. The average molecular weight is 302 g/mol. The molecular formula is C13H22N2O4S. The first-order valence-corrected chi connectivity index (χ1v) is 7.52. The van der Waals surface area contributed by atoms with Gasteiger partial charge >= 0.3 is 5.97 Å². The van der Waals surface area contributed by atoms with E-state index in [1.54, 1.807) is 18.3 Å². The van der Waals surface area contributed by atoms with E-state index in [0.717, 1.165) is 12.1 Å². The number of aliphatic hydroxyl groups excluding tert-OH is 1. The Bertz CT molecular complexity index is 397. The Balaban J connectivity index is 2.01. The molecule has 2 N–H and O–H groups in total. The molecule has 0 amide bonds. The molecule has 1 aromatic rings. The zero-order chi connectivity index (χ0) is 14.8. The van der Waals surface area contributed by atoms with Crippen molar-refractivity contribution in [2.75, 3.05) is 32.9 Å². The highest BCUT2D eigenvalue weighted by molar-refractivity contribution is 7.09. The second kappa shape index (κ2) is 9.82. The normalized spacial score (nSPS) is 12.3. The third-order valence-corrected chi connectivity index (χ3v) is 3.58. The lowest BCUT2D eigenvalue weighted by Crippen LogP contribution is -2.34. The maximum Gasteiger partial charge on any atom is 0.319 e. The van der Waals surface area contributed by atoms with Crippen LogP contribution in [-0.2, 0) is 20.7 Å². The van der Waals surface area contributed by atoms with Crippen LogP contribution in [0.5, 0.6) is 0 Å². The Hall–Kier alpha value is -1.02. The number of rotatable bonds is 10. The van der Waals surface area contributed by atoms with Gasteiger partial charge in [-0.3, -0.25) is 4.79 Å². The average Bonchev–Trinajstić information content (AvgIpc) is 2.81. The number of nitrogens with zero attached hydrogens (tertiary/aromatic N) is 1. The van der Waals surface area contributed by atoms with E-state index in [0.29, 0.717) is 19.8 Å². The molecule has 1 heterocycles. The molecule has 114 valence electrons. The Morgan fingerprint density at radius 1 is 1.60 bits per heavy atom. The number of hydrogen-bond acceptors (Lipinski definition) is 7. The molecule has 0 aliphatic rings. The van der Waals surface area contributed by atoms with Crippen LogP contribution in [0.4, 0.5) is 0 Å². The fourth-order valence-corrected chi connectivity index (χ4v) is 2.32. The number of hydrogen-bond donors (Lipinski definition) is 2. The molecule has 1 aromatic heterocycles. The van der Waals surface area contributed by atoms with Gasteiger partial charge in [0.2, 0.25) is 0 Å². The Labute approximate surface area is 123 Å². The molecule has 0 spiro atoms. The van der Waals surface area contributed by atoms with Crippen LogP contribution in [0.1, 0.15) is 17.5 Å². The van der Waals surface area contributed by atoms with Crippen LogP contribution < -0.4 is 5.32 Å². The number of aromatic nitrogens is 1. The number of esters is 1. The molecule has 1 rings (SSSR count). The predicted octanol–water partition coefficient (Wildman–Crippen LogP) is 0.524. The summed E-state index contributed by atoms with van der Waals surface area (Å²) in [7, 11) is 0. The number of thiazole rings is 1. The van der Waals surface area contributed by atoms with Gasteiger partial charge < -0.3 is 19.9 Å². The van der Waals surface area contributed by atoms with Crippen molar-refractivity contribution in [3.8, 4) is 0 Å². The monoisotopic (exact) mass is 302 g/mol. The third-order valence-electron chi connectivity index (χ3n) is 2.58. The molecule has 0 saturated heterocycles. The van der Waals surface area contributed by atoms with Crippen LogP contribution in [0.25, 0.3) is 0 Å². The number of carbonyl (C=O) groups is 1. The lowest BCUT2D eigenvalue weighted by molar-refractivity contribution is -0.142. The molecule has 0 fully saturated rings. The Morgan fingerprint density at radius 3 is 3.05 bits per heavy atom. The van der Waals surface area contributed by atoms with Gasteiger partial charge in [0.15, 0.2) is 0 Å². The summed E-state index contributed by atoms with van der Waals surface area (Å²) in [4.78, 5) is 16.4. The number of nitrogens with one attached hydrogen (secondary N) is 1. The zero-order valence-corrected chi connectivity index (χ0v) is 12.7. The molecule has 0 saturated carbocycles. The van der Waals surface area contributed by atoms with E-state index in [1.165, 1.54) is 4.88 Å². The standard InChI is InChI=1S/C13H22N2O4S/c1-3-19-13(17)7-14-6-11(16)8-18-5-4-12-10(2)15-9-20-12/h9,11,14,16H,3-8H2,1-2H3. The van der Waals surface area contributed by atoms with Gasteiger partial charge in [-0.2, -0.15) is 0 Å². The molecule has 7 heteroatoms. The molecule has 0 aromatic carbocycles. The first kappa shape index (κ1) is 17.0. The van der Waals surface area contributed by atoms with Crippen LogP contribution in [-0.4, -0.2) is 55.1 Å². The fraction of sp³-hybridized carbons (Fsp3) is 0.692. The third kappa shape index (κ3) is 6.95. The highest BCUT2D eigenvalue weighted by Crippen LogP contribution is 2.12. The van der Waals surface area contributed by atoms with Gasteiger partial charge in [0.25, 0.3) is 0 Å². The fourth-order valence-electron chi connectivity index (χ4n) is 1.56. The molecule has 0 aliphatic carbocycles. The van der Waals surface area contributed by atoms with Gasteiger partial charge in [0.1, 0.15) is 0 Å². The topological polar surface area (TPSA) is 80.7 Å². The van der Waals surface area contributed by atoms with Crippen molar-refractivity contribution < 1.29 is 19.4 Å². The van der Waals surface area contributed by atoms with E-state index in [-0.39, 0.29) is 19.1 Å². The second-order valence-corrected chi connectivity index (χ2v) is 5.21. The highest BCUT2D eigenvalue weighted by atomic mass is 32.1. The minimum atomic E-state index is -0.632. The molecule has 0 bridgehead atoms. The van der Waals surface area contributed by atoms with Gasteiger partial charge in [-0.1, -0.05) is 0 Å². The summed E-state index contributed by atoms with van der Waals surface area (Å²) in [6.07, 6.45) is 0.173. The Kier molecular flexibility index (Phi) is 8.36. The van der Waals surface area contributed by atoms with Crippen LogP contribution in [0, 0.1) is 6.92 Å². The summed E-state index contributed by atoms with van der Waals surface area (Å²) in [6, 6.07) is 0. The van der Waals surface area contributed by atoms with Gasteiger partial charge in [-0.25, -0.2) is 4.98 Å². The molecule has 1 atom stereocenters. The largest absolute Gasteiger partial charge is 0.465 e. The maximum absolute atomic E-state index is 11.0. The van der Waals surface area contributed by atoms with Gasteiger partial charge in [-0.05, 0) is 13.8 Å². The van der Waals surface area contributed by atoms with Crippen LogP contribution in [0.3, 0.4) is 0 Å². The summed E-state index contributed by atoms with van der Waals surface area (Å²) in [5.74, 6) is -0.318. The van der Waals surface area contributed by atoms with E-state index in [1.807, 2.05) is 12.4 Å². The van der Waals surface area contributed by atoms with Gasteiger partial charge in [-0.15, -0.1) is 11.3 Å². The maximum atomic E-state index is 11.0. The van der Waals surface area contributed by atoms with Crippen LogP contribution in [0.2, 0.25) is 0 Å². The number of aryl methyl sites for hydroxylation is 1. The number of aliphatic hydroxyl groups is 1. The van der Waals surface area contributed by atoms with Crippen molar-refractivity contribution >= 4 is 17.3 Å². The van der Waals surface area contributed by atoms with E-state index < -0.39 is 6.10 Å². The summed E-state index contributed by atoms with van der Waals surface area (Å²) in [5, 5.41) is 12.5. The zero-order valence-electron chi connectivity index (χ0n) is 11.9. The number of carbonyl (C=O) groups excluding carboxylic acids is 1. The van der Waals surface area contributed by atoms with Gasteiger partial charge in [0.05, 0.1) is 43.7 Å². The lowest BCUT2D eigenvalue weighted by Gasteiger charge is -2.12. The van der Waals surface area contributed by atoms with E-state index in [2.05, 4.69) is 10.3 Å².